The summed E-state index contributed by atoms with van der Waals surface area (Å²) >= 11 is 0. The molecule has 0 aliphatic carbocycles. The van der Waals surface area contributed by atoms with E-state index in [4.69, 9.17) is 4.99 Å². The van der Waals surface area contributed by atoms with Crippen LogP contribution in [0.15, 0.2) is 71.9 Å². The number of aliphatic imine (C=N–C) groups is 1. The van der Waals surface area contributed by atoms with E-state index in [1.54, 1.807) is 12.1 Å². The molecule has 0 unspecified atom stereocenters. The van der Waals surface area contributed by atoms with Crippen LogP contribution in [0.4, 0.5) is 5.69 Å². The van der Waals surface area contributed by atoms with Gasteiger partial charge in [0.2, 0.25) is 15.9 Å². The number of amides is 2. The molecule has 0 saturated heterocycles. The van der Waals surface area contributed by atoms with Gasteiger partial charge in [0.15, 0.2) is 6.20 Å². The molecule has 1 aliphatic heterocycles. The molecule has 35 heavy (non-hydrogen) atoms. The molecule has 5 rings (SSSR count). The zero-order valence-corrected chi connectivity index (χ0v) is 19.9. The zero-order chi connectivity index (χ0) is 25.3. The molecule has 178 valence electrons. The van der Waals surface area contributed by atoms with E-state index in [9.17, 15) is 22.6 Å². The van der Waals surface area contributed by atoms with Crippen molar-refractivity contribution in [1.82, 2.24) is 4.90 Å². The zero-order valence-electron chi connectivity index (χ0n) is 19.1. The van der Waals surface area contributed by atoms with Crippen molar-refractivity contribution in [1.29, 1.82) is 0 Å². The third-order valence-electron chi connectivity index (χ3n) is 5.71. The van der Waals surface area contributed by atoms with Gasteiger partial charge in [-0.25, -0.2) is 13.0 Å². The van der Waals surface area contributed by atoms with Crippen molar-refractivity contribution < 1.29 is 31.3 Å². The summed E-state index contributed by atoms with van der Waals surface area (Å²) in [7, 11) is -0.0768. The van der Waals surface area contributed by atoms with Crippen molar-refractivity contribution in [2.75, 3.05) is 14.2 Å². The number of hydrogen-bond acceptors (Lipinski definition) is 7. The van der Waals surface area contributed by atoms with Crippen molar-refractivity contribution >= 4 is 55.8 Å². The van der Waals surface area contributed by atoms with E-state index in [1.807, 2.05) is 55.9 Å². The Morgan fingerprint density at radius 2 is 1.57 bits per heavy atom. The molecular formula is C25H21N3O6S. The maximum atomic E-state index is 12.5. The van der Waals surface area contributed by atoms with E-state index in [1.165, 1.54) is 7.05 Å². The molecule has 4 aromatic rings. The second-order valence-electron chi connectivity index (χ2n) is 7.76. The minimum Gasteiger partial charge on any atom is -0.726 e. The Morgan fingerprint density at radius 3 is 2.26 bits per heavy atom. The van der Waals surface area contributed by atoms with E-state index in [2.05, 4.69) is 20.9 Å². The van der Waals surface area contributed by atoms with Crippen LogP contribution in [0.2, 0.25) is 0 Å². The highest BCUT2D eigenvalue weighted by molar-refractivity contribution is 7.80. The van der Waals surface area contributed by atoms with Gasteiger partial charge in [0, 0.05) is 52.9 Å². The second-order valence-corrected chi connectivity index (χ2v) is 8.91. The first-order valence-electron chi connectivity index (χ1n) is 10.4. The van der Waals surface area contributed by atoms with Gasteiger partial charge in [-0.2, -0.15) is 0 Å². The topological polar surface area (TPSA) is 120 Å². The van der Waals surface area contributed by atoms with Crippen molar-refractivity contribution in [2.45, 2.75) is 0 Å². The van der Waals surface area contributed by atoms with Gasteiger partial charge >= 0.3 is 0 Å². The largest absolute Gasteiger partial charge is 0.726 e. The third-order valence-corrected chi connectivity index (χ3v) is 6.12. The van der Waals surface area contributed by atoms with E-state index in [0.717, 1.165) is 39.5 Å². The molecule has 1 aromatic heterocycles. The molecule has 0 N–H and O–H groups in total. The fourth-order valence-corrected chi connectivity index (χ4v) is 3.95. The summed E-state index contributed by atoms with van der Waals surface area (Å²) in [6, 6.07) is 19.3. The summed E-state index contributed by atoms with van der Waals surface area (Å²) in [4.78, 5) is 31.0. The number of aromatic nitrogens is 1. The number of benzene rings is 3. The molecule has 1 aliphatic rings. The number of fused-ring (bicyclic) bond motifs is 1. The van der Waals surface area contributed by atoms with Crippen molar-refractivity contribution in [2.24, 2.45) is 12.0 Å². The molecule has 10 heteroatoms. The van der Waals surface area contributed by atoms with Gasteiger partial charge < -0.3 is 4.55 Å². The monoisotopic (exact) mass is 491 g/mol. The first-order valence-corrected chi connectivity index (χ1v) is 11.8. The number of aryl methyl sites for hydroxylation is 1. The Bertz CT molecular complexity index is 1610. The lowest BCUT2D eigenvalue weighted by Gasteiger charge is -2.24. The average molecular weight is 492 g/mol. The first-order chi connectivity index (χ1) is 16.6. The number of pyridine rings is 1. The van der Waals surface area contributed by atoms with Crippen LogP contribution < -0.4 is 4.57 Å². The predicted molar refractivity (Wildman–Crippen MR) is 129 cm³/mol. The minimum atomic E-state index is -4.41. The van der Waals surface area contributed by atoms with Crippen LogP contribution in [-0.4, -0.2) is 50.1 Å². The molecule has 0 saturated carbocycles. The number of para-hydroxylation sites is 1. The van der Waals surface area contributed by atoms with E-state index in [-0.39, 0.29) is 11.8 Å². The first kappa shape index (κ1) is 24.1. The molecule has 0 spiro atoms. The van der Waals surface area contributed by atoms with E-state index < -0.39 is 10.4 Å². The van der Waals surface area contributed by atoms with Crippen LogP contribution in [0, 0.1) is 0 Å². The summed E-state index contributed by atoms with van der Waals surface area (Å²) in [5.74, 6) is -0.563. The van der Waals surface area contributed by atoms with Crippen molar-refractivity contribution in [3.63, 3.8) is 0 Å². The molecule has 3 aromatic carbocycles. The van der Waals surface area contributed by atoms with Crippen molar-refractivity contribution in [3.8, 4) is 0 Å². The Kier molecular flexibility index (Phi) is 6.44. The molecular weight excluding hydrogens is 470 g/mol. The summed E-state index contributed by atoms with van der Waals surface area (Å²) in [5, 5.41) is 2.59. The van der Waals surface area contributed by atoms with Gasteiger partial charge in [0.05, 0.1) is 18.2 Å². The van der Waals surface area contributed by atoms with E-state index in [0.29, 0.717) is 16.5 Å². The highest BCUT2D eigenvalue weighted by Crippen LogP contribution is 2.35. The minimum absolute atomic E-state index is 0.282. The van der Waals surface area contributed by atoms with Gasteiger partial charge in [-0.1, -0.05) is 24.3 Å². The fourth-order valence-electron chi connectivity index (χ4n) is 3.95. The van der Waals surface area contributed by atoms with Crippen LogP contribution >= 0.6 is 0 Å². The van der Waals surface area contributed by atoms with Crippen LogP contribution in [0.5, 0.6) is 0 Å². The third kappa shape index (κ3) is 4.67. The number of carbonyl (C=O) groups excluding carboxylic acids is 2. The quantitative estimate of drug-likeness (QED) is 0.143. The smallest absolute Gasteiger partial charge is 0.261 e. The Hall–Kier alpha value is -3.99. The van der Waals surface area contributed by atoms with Gasteiger partial charge in [-0.15, -0.1) is 0 Å². The number of imide groups is 1. The molecule has 0 atom stereocenters. The van der Waals surface area contributed by atoms with Crippen LogP contribution in [0.25, 0.3) is 21.7 Å². The van der Waals surface area contributed by atoms with Gasteiger partial charge in [-0.05, 0) is 24.3 Å². The number of hydrogen-bond donors (Lipinski definition) is 0. The molecule has 0 bridgehead atoms. The summed E-state index contributed by atoms with van der Waals surface area (Å²) < 4.78 is 33.1. The molecule has 9 nitrogen and oxygen atoms in total. The maximum Gasteiger partial charge on any atom is 0.261 e. The Labute approximate surface area is 201 Å². The van der Waals surface area contributed by atoms with Crippen LogP contribution in [0.1, 0.15) is 26.3 Å². The fraction of sp³-hybridized carbons (Fsp3) is 0.120. The standard InChI is InChI=1S/C24H18N3O2.CH4O4S/c1-26-13-12-15(16-6-3-4-9-21(16)26)14-25-20-11-10-19-22-17(20)7-5-8-18(22)23(28)27(2)24(19)29;1-5-6(2,3)4/h3-14H,1-2H3;1H3,(H,2,3,4)/q+1;/p-1. The highest BCUT2D eigenvalue weighted by atomic mass is 32.3. The van der Waals surface area contributed by atoms with Gasteiger partial charge in [-0.3, -0.25) is 23.7 Å². The summed E-state index contributed by atoms with van der Waals surface area (Å²) in [5.41, 5.74) is 3.93. The highest BCUT2D eigenvalue weighted by Gasteiger charge is 2.30. The van der Waals surface area contributed by atoms with Crippen molar-refractivity contribution in [3.05, 3.63) is 83.6 Å². The SMILES string of the molecule is CN1C(=O)c2cccc3c(N=Cc4cc[n+](C)c5ccccc45)ccc(c23)C1=O.COS(=O)(=O)[O-]. The molecule has 2 amide bonds. The lowest BCUT2D eigenvalue weighted by atomic mass is 9.93. The number of carbonyl (C=O) groups is 2. The normalized spacial score (nSPS) is 13.4. The number of nitrogens with zero attached hydrogens (tertiary/aromatic N) is 3. The summed E-state index contributed by atoms with van der Waals surface area (Å²) in [6.45, 7) is 0. The summed E-state index contributed by atoms with van der Waals surface area (Å²) in [6.07, 6.45) is 3.85. The second kappa shape index (κ2) is 9.34. The molecule has 0 fully saturated rings. The van der Waals surface area contributed by atoms with E-state index >= 15 is 0 Å². The van der Waals surface area contributed by atoms with Gasteiger partial charge in [0.1, 0.15) is 7.05 Å². The Morgan fingerprint density at radius 1 is 0.943 bits per heavy atom. The predicted octanol–water partition coefficient (Wildman–Crippen LogP) is 2.89. The number of rotatable bonds is 3. The Balaban J connectivity index is 0.000000431. The van der Waals surface area contributed by atoms with Crippen LogP contribution in [0.3, 0.4) is 0 Å². The lowest BCUT2D eigenvalue weighted by molar-refractivity contribution is -0.644. The van der Waals surface area contributed by atoms with Gasteiger partial charge in [0.25, 0.3) is 11.8 Å². The average Bonchev–Trinajstić information content (AvgIpc) is 2.86. The maximum absolute atomic E-state index is 12.5. The van der Waals surface area contributed by atoms with Crippen LogP contribution in [-0.2, 0) is 21.6 Å². The molecule has 0 radical (unpaired) electrons. The lowest BCUT2D eigenvalue weighted by Crippen LogP contribution is -2.36. The molecule has 2 heterocycles.